The minimum absolute atomic E-state index is 0.00283. The Morgan fingerprint density at radius 3 is 3.00 bits per heavy atom. The van der Waals surface area contributed by atoms with Crippen molar-refractivity contribution < 1.29 is 14.3 Å². The van der Waals surface area contributed by atoms with Crippen LogP contribution in [-0.2, 0) is 9.53 Å². The van der Waals surface area contributed by atoms with Crippen molar-refractivity contribution in [1.82, 2.24) is 0 Å². The molecule has 0 aliphatic carbocycles. The molecule has 1 unspecified atom stereocenters. The number of carbonyl (C=O) groups is 1. The Labute approximate surface area is 108 Å². The summed E-state index contributed by atoms with van der Waals surface area (Å²) in [4.78, 5) is 11.2. The smallest absolute Gasteiger partial charge is 0.224 e. The number of hydrogen-bond acceptors (Lipinski definition) is 3. The molecule has 1 heterocycles. The topological polar surface area (TPSA) is 50.9 Å². The highest BCUT2D eigenvalue weighted by Gasteiger charge is 2.23. The van der Waals surface area contributed by atoms with E-state index in [1.807, 2.05) is 25.1 Å². The Bertz CT molecular complexity index is 418. The molecule has 92 valence electrons. The SMILES string of the molecule is CCC(=O)Nc1ccc(OCC2CO2)c(Br)c1. The van der Waals surface area contributed by atoms with E-state index < -0.39 is 0 Å². The third-order valence-electron chi connectivity index (χ3n) is 2.36. The van der Waals surface area contributed by atoms with Crippen LogP contribution in [0.4, 0.5) is 5.69 Å². The summed E-state index contributed by atoms with van der Waals surface area (Å²) >= 11 is 3.41. The number of amides is 1. The molecule has 1 fully saturated rings. The highest BCUT2D eigenvalue weighted by atomic mass is 79.9. The number of benzene rings is 1. The van der Waals surface area contributed by atoms with Gasteiger partial charge in [0.2, 0.25) is 5.91 Å². The first-order chi connectivity index (χ1) is 8.19. The zero-order chi connectivity index (χ0) is 12.3. The molecule has 1 aliphatic heterocycles. The van der Waals surface area contributed by atoms with E-state index in [2.05, 4.69) is 21.2 Å². The Hall–Kier alpha value is -1.07. The predicted octanol–water partition coefficient (Wildman–Crippen LogP) is 2.58. The zero-order valence-corrected chi connectivity index (χ0v) is 11.1. The molecule has 5 heteroatoms. The van der Waals surface area contributed by atoms with Crippen molar-refractivity contribution in [1.29, 1.82) is 0 Å². The van der Waals surface area contributed by atoms with Crippen LogP contribution in [0.2, 0.25) is 0 Å². The van der Waals surface area contributed by atoms with Crippen LogP contribution < -0.4 is 10.1 Å². The summed E-state index contributed by atoms with van der Waals surface area (Å²) in [5.74, 6) is 0.756. The summed E-state index contributed by atoms with van der Waals surface area (Å²) < 4.78 is 11.5. The van der Waals surface area contributed by atoms with Crippen molar-refractivity contribution in [3.63, 3.8) is 0 Å². The maximum absolute atomic E-state index is 11.2. The second-order valence-electron chi connectivity index (χ2n) is 3.81. The maximum atomic E-state index is 11.2. The zero-order valence-electron chi connectivity index (χ0n) is 9.53. The van der Waals surface area contributed by atoms with Gasteiger partial charge in [0.25, 0.3) is 0 Å². The molecule has 1 aromatic rings. The second-order valence-corrected chi connectivity index (χ2v) is 4.67. The van der Waals surface area contributed by atoms with Gasteiger partial charge in [-0.15, -0.1) is 0 Å². The van der Waals surface area contributed by atoms with Gasteiger partial charge < -0.3 is 14.8 Å². The fourth-order valence-corrected chi connectivity index (χ4v) is 1.79. The summed E-state index contributed by atoms with van der Waals surface area (Å²) in [7, 11) is 0. The lowest BCUT2D eigenvalue weighted by molar-refractivity contribution is -0.115. The van der Waals surface area contributed by atoms with Crippen molar-refractivity contribution in [3.05, 3.63) is 22.7 Å². The van der Waals surface area contributed by atoms with Crippen LogP contribution in [0.3, 0.4) is 0 Å². The van der Waals surface area contributed by atoms with Gasteiger partial charge in [0.05, 0.1) is 11.1 Å². The molecule has 0 spiro atoms. The lowest BCUT2D eigenvalue weighted by Crippen LogP contribution is -2.09. The van der Waals surface area contributed by atoms with Crippen molar-refractivity contribution in [2.75, 3.05) is 18.5 Å². The van der Waals surface area contributed by atoms with Crippen LogP contribution in [0.5, 0.6) is 5.75 Å². The number of hydrogen-bond donors (Lipinski definition) is 1. The van der Waals surface area contributed by atoms with Gasteiger partial charge in [0.15, 0.2) is 0 Å². The van der Waals surface area contributed by atoms with Gasteiger partial charge in [-0.2, -0.15) is 0 Å². The van der Waals surface area contributed by atoms with E-state index in [1.165, 1.54) is 0 Å². The fourth-order valence-electron chi connectivity index (χ4n) is 1.29. The molecule has 1 N–H and O–H groups in total. The van der Waals surface area contributed by atoms with Crippen LogP contribution in [-0.4, -0.2) is 25.2 Å². The Morgan fingerprint density at radius 2 is 2.41 bits per heavy atom. The molecule has 0 bridgehead atoms. The van der Waals surface area contributed by atoms with Crippen molar-refractivity contribution >= 4 is 27.5 Å². The Balaban J connectivity index is 1.97. The quantitative estimate of drug-likeness (QED) is 0.850. The summed E-state index contributed by atoms with van der Waals surface area (Å²) in [6, 6.07) is 5.48. The molecular formula is C12H14BrNO3. The maximum Gasteiger partial charge on any atom is 0.224 e. The molecule has 0 saturated carbocycles. The van der Waals surface area contributed by atoms with E-state index >= 15 is 0 Å². The Morgan fingerprint density at radius 1 is 1.65 bits per heavy atom. The van der Waals surface area contributed by atoms with E-state index in [0.29, 0.717) is 13.0 Å². The van der Waals surface area contributed by atoms with Crippen molar-refractivity contribution in [3.8, 4) is 5.75 Å². The summed E-state index contributed by atoms with van der Waals surface area (Å²) in [5.41, 5.74) is 0.763. The number of ether oxygens (including phenoxy) is 2. The fraction of sp³-hybridized carbons (Fsp3) is 0.417. The van der Waals surface area contributed by atoms with Gasteiger partial charge in [-0.1, -0.05) is 6.92 Å². The first-order valence-corrected chi connectivity index (χ1v) is 6.32. The molecule has 0 radical (unpaired) electrons. The lowest BCUT2D eigenvalue weighted by atomic mass is 10.3. The molecule has 1 atom stereocenters. The number of halogens is 1. The molecule has 1 amide bonds. The number of nitrogens with one attached hydrogen (secondary N) is 1. The number of epoxide rings is 1. The molecule has 1 aliphatic rings. The normalized spacial score (nSPS) is 17.6. The van der Waals surface area contributed by atoms with E-state index in [1.54, 1.807) is 0 Å². The van der Waals surface area contributed by atoms with Gasteiger partial charge in [-0.25, -0.2) is 0 Å². The van der Waals surface area contributed by atoms with Gasteiger partial charge in [-0.3, -0.25) is 4.79 Å². The van der Waals surface area contributed by atoms with Crippen LogP contribution in [0.25, 0.3) is 0 Å². The van der Waals surface area contributed by atoms with Crippen molar-refractivity contribution in [2.45, 2.75) is 19.4 Å². The number of rotatable bonds is 5. The average Bonchev–Trinajstić information content (AvgIpc) is 3.12. The minimum Gasteiger partial charge on any atom is -0.490 e. The van der Waals surface area contributed by atoms with E-state index in [9.17, 15) is 4.79 Å². The molecule has 0 aromatic heterocycles. The first kappa shape index (κ1) is 12.4. The van der Waals surface area contributed by atoms with Crippen LogP contribution in [0, 0.1) is 0 Å². The van der Waals surface area contributed by atoms with E-state index in [0.717, 1.165) is 22.5 Å². The van der Waals surface area contributed by atoms with Crippen molar-refractivity contribution in [2.24, 2.45) is 0 Å². The largest absolute Gasteiger partial charge is 0.490 e. The third kappa shape index (κ3) is 3.71. The van der Waals surface area contributed by atoms with Crippen LogP contribution in [0.15, 0.2) is 22.7 Å². The van der Waals surface area contributed by atoms with Gasteiger partial charge >= 0.3 is 0 Å². The Kier molecular flexibility index (Phi) is 4.02. The molecular weight excluding hydrogens is 286 g/mol. The highest BCUT2D eigenvalue weighted by molar-refractivity contribution is 9.10. The number of anilines is 1. The minimum atomic E-state index is -0.00283. The number of carbonyl (C=O) groups excluding carboxylic acids is 1. The molecule has 1 saturated heterocycles. The molecule has 2 rings (SSSR count). The van der Waals surface area contributed by atoms with Gasteiger partial charge in [-0.05, 0) is 34.1 Å². The second kappa shape index (κ2) is 5.51. The van der Waals surface area contributed by atoms with E-state index in [-0.39, 0.29) is 12.0 Å². The first-order valence-electron chi connectivity index (χ1n) is 5.53. The summed E-state index contributed by atoms with van der Waals surface area (Å²) in [6.07, 6.45) is 0.705. The lowest BCUT2D eigenvalue weighted by Gasteiger charge is -2.09. The third-order valence-corrected chi connectivity index (χ3v) is 2.98. The molecule has 17 heavy (non-hydrogen) atoms. The highest BCUT2D eigenvalue weighted by Crippen LogP contribution is 2.29. The van der Waals surface area contributed by atoms with Crippen LogP contribution in [0.1, 0.15) is 13.3 Å². The van der Waals surface area contributed by atoms with Gasteiger partial charge in [0, 0.05) is 12.1 Å². The summed E-state index contributed by atoms with van der Waals surface area (Å²) in [6.45, 7) is 3.17. The predicted molar refractivity (Wildman–Crippen MR) is 68.3 cm³/mol. The summed E-state index contributed by atoms with van der Waals surface area (Å²) in [5, 5.41) is 2.79. The van der Waals surface area contributed by atoms with E-state index in [4.69, 9.17) is 9.47 Å². The van der Waals surface area contributed by atoms with Gasteiger partial charge in [0.1, 0.15) is 18.5 Å². The molecule has 1 aromatic carbocycles. The standard InChI is InChI=1S/C12H14BrNO3/c1-2-12(15)14-8-3-4-11(10(13)5-8)17-7-9-6-16-9/h3-5,9H,2,6-7H2,1H3,(H,14,15). The van der Waals surface area contributed by atoms with Crippen LogP contribution >= 0.6 is 15.9 Å². The average molecular weight is 300 g/mol. The monoisotopic (exact) mass is 299 g/mol. The molecule has 4 nitrogen and oxygen atoms in total.